The average molecular weight is 400 g/mol. The Morgan fingerprint density at radius 2 is 1.72 bits per heavy atom. The van der Waals surface area contributed by atoms with Gasteiger partial charge in [-0.15, -0.1) is 0 Å². The second-order valence-corrected chi connectivity index (χ2v) is 6.60. The van der Waals surface area contributed by atoms with Gasteiger partial charge in [0.2, 0.25) is 6.79 Å². The summed E-state index contributed by atoms with van der Waals surface area (Å²) in [6.45, 7) is 6.83. The number of hydrogen-bond donors (Lipinski definition) is 0. The van der Waals surface area contributed by atoms with Gasteiger partial charge in [-0.3, -0.25) is 0 Å². The van der Waals surface area contributed by atoms with E-state index in [1.165, 1.54) is 25.1 Å². The molecular formula is C23H25FO5. The van der Waals surface area contributed by atoms with Crippen molar-refractivity contribution in [3.63, 3.8) is 0 Å². The molecular weight excluding hydrogens is 375 g/mol. The fourth-order valence-electron chi connectivity index (χ4n) is 2.49. The molecule has 5 nitrogen and oxygen atoms in total. The summed E-state index contributed by atoms with van der Waals surface area (Å²) in [5, 5.41) is 0. The molecule has 29 heavy (non-hydrogen) atoms. The van der Waals surface area contributed by atoms with Crippen molar-refractivity contribution in [2.75, 3.05) is 6.79 Å². The molecule has 0 saturated heterocycles. The van der Waals surface area contributed by atoms with E-state index in [9.17, 15) is 14.0 Å². The van der Waals surface area contributed by atoms with Gasteiger partial charge in [0.05, 0.1) is 5.56 Å². The van der Waals surface area contributed by atoms with Crippen LogP contribution in [0.5, 0.6) is 11.5 Å². The Balaban J connectivity index is 1.89. The molecule has 0 heterocycles. The Kier molecular flexibility index (Phi) is 8.40. The van der Waals surface area contributed by atoms with Crippen LogP contribution in [0.1, 0.15) is 49.0 Å². The lowest BCUT2D eigenvalue weighted by Crippen LogP contribution is -2.11. The highest BCUT2D eigenvalue weighted by atomic mass is 19.1. The number of hydrogen-bond acceptors (Lipinski definition) is 5. The molecule has 2 aromatic carbocycles. The van der Waals surface area contributed by atoms with E-state index in [0.29, 0.717) is 17.7 Å². The van der Waals surface area contributed by atoms with Crippen molar-refractivity contribution >= 4 is 11.9 Å². The molecule has 0 N–H and O–H groups in total. The Hall–Kier alpha value is -3.15. The van der Waals surface area contributed by atoms with Gasteiger partial charge >= 0.3 is 11.9 Å². The van der Waals surface area contributed by atoms with E-state index in [0.717, 1.165) is 19.3 Å². The third-order valence-corrected chi connectivity index (χ3v) is 4.14. The lowest BCUT2D eigenvalue weighted by Gasteiger charge is -2.09. The van der Waals surface area contributed by atoms with E-state index in [1.807, 2.05) is 0 Å². The molecule has 0 aliphatic heterocycles. The molecule has 2 rings (SSSR count). The maximum Gasteiger partial charge on any atom is 0.343 e. The summed E-state index contributed by atoms with van der Waals surface area (Å²) in [6, 6.07) is 10.6. The summed E-state index contributed by atoms with van der Waals surface area (Å²) in [6.07, 6.45) is 3.71. The Morgan fingerprint density at radius 3 is 2.34 bits per heavy atom. The van der Waals surface area contributed by atoms with Crippen molar-refractivity contribution in [1.82, 2.24) is 0 Å². The molecule has 0 atom stereocenters. The number of carbonyl (C=O) groups excluding carboxylic acids is 2. The average Bonchev–Trinajstić information content (AvgIpc) is 2.70. The lowest BCUT2D eigenvalue weighted by atomic mass is 10.1. The number of ether oxygens (including phenoxy) is 3. The molecule has 0 aliphatic carbocycles. The summed E-state index contributed by atoms with van der Waals surface area (Å²) in [7, 11) is 0. The normalized spacial score (nSPS) is 10.3. The highest BCUT2D eigenvalue weighted by Gasteiger charge is 2.11. The summed E-state index contributed by atoms with van der Waals surface area (Å²) >= 11 is 0. The first kappa shape index (κ1) is 22.1. The predicted octanol–water partition coefficient (Wildman–Crippen LogP) is 5.23. The molecule has 2 aromatic rings. The van der Waals surface area contributed by atoms with Crippen LogP contribution in [0.15, 0.2) is 54.6 Å². The molecule has 154 valence electrons. The van der Waals surface area contributed by atoms with E-state index >= 15 is 0 Å². The van der Waals surface area contributed by atoms with Crippen molar-refractivity contribution in [2.24, 2.45) is 0 Å². The van der Waals surface area contributed by atoms with E-state index < -0.39 is 11.9 Å². The van der Waals surface area contributed by atoms with Crippen molar-refractivity contribution in [3.8, 4) is 11.5 Å². The predicted molar refractivity (Wildman–Crippen MR) is 107 cm³/mol. The lowest BCUT2D eigenvalue weighted by molar-refractivity contribution is -0.145. The molecule has 0 saturated carbocycles. The third kappa shape index (κ3) is 7.07. The zero-order chi connectivity index (χ0) is 21.2. The molecule has 0 bridgehead atoms. The molecule has 0 spiro atoms. The van der Waals surface area contributed by atoms with Crippen molar-refractivity contribution < 1.29 is 28.2 Å². The van der Waals surface area contributed by atoms with Crippen molar-refractivity contribution in [1.29, 1.82) is 0 Å². The van der Waals surface area contributed by atoms with E-state index in [-0.39, 0.29) is 29.5 Å². The smallest absolute Gasteiger partial charge is 0.343 e. The van der Waals surface area contributed by atoms with Crippen LogP contribution in [0.25, 0.3) is 0 Å². The van der Waals surface area contributed by atoms with Crippen LogP contribution < -0.4 is 9.47 Å². The minimum Gasteiger partial charge on any atom is -0.457 e. The highest BCUT2D eigenvalue weighted by molar-refractivity contribution is 5.91. The van der Waals surface area contributed by atoms with Crippen LogP contribution in [0.4, 0.5) is 4.39 Å². The fraction of sp³-hybridized carbons (Fsp3) is 0.304. The Labute approximate surface area is 170 Å². The van der Waals surface area contributed by atoms with Crippen LogP contribution in [0.2, 0.25) is 0 Å². The monoisotopic (exact) mass is 400 g/mol. The van der Waals surface area contributed by atoms with Crippen LogP contribution in [-0.4, -0.2) is 18.7 Å². The minimum absolute atomic E-state index is 0.152. The van der Waals surface area contributed by atoms with E-state index in [1.54, 1.807) is 24.3 Å². The SMILES string of the molecule is C=C(C)C(=O)OCOc1ccc(C(=O)Oc2ccc(CCCCC)c(F)c2)cc1. The summed E-state index contributed by atoms with van der Waals surface area (Å²) in [5.41, 5.74) is 1.17. The van der Waals surface area contributed by atoms with E-state index in [4.69, 9.17) is 14.2 Å². The third-order valence-electron chi connectivity index (χ3n) is 4.14. The minimum atomic E-state index is -0.608. The first-order valence-electron chi connectivity index (χ1n) is 9.46. The van der Waals surface area contributed by atoms with Crippen LogP contribution in [0.3, 0.4) is 0 Å². The Morgan fingerprint density at radius 1 is 1.03 bits per heavy atom. The largest absolute Gasteiger partial charge is 0.457 e. The van der Waals surface area contributed by atoms with Crippen LogP contribution >= 0.6 is 0 Å². The molecule has 6 heteroatoms. The zero-order valence-corrected chi connectivity index (χ0v) is 16.7. The van der Waals surface area contributed by atoms with Gasteiger partial charge in [-0.05, 0) is 55.7 Å². The maximum atomic E-state index is 14.2. The fourth-order valence-corrected chi connectivity index (χ4v) is 2.49. The second kappa shape index (κ2) is 11.0. The highest BCUT2D eigenvalue weighted by Crippen LogP contribution is 2.20. The van der Waals surface area contributed by atoms with Gasteiger partial charge in [0.1, 0.15) is 17.3 Å². The van der Waals surface area contributed by atoms with E-state index in [2.05, 4.69) is 13.5 Å². The quantitative estimate of drug-likeness (QED) is 0.180. The molecule has 0 amide bonds. The standard InChI is InChI=1S/C23H25FO5/c1-4-5-6-7-17-8-13-20(14-21(17)24)29-23(26)18-9-11-19(12-10-18)27-15-28-22(25)16(2)3/h8-14H,2,4-7,15H2,1,3H3. The molecule has 0 unspecified atom stereocenters. The molecule has 0 radical (unpaired) electrons. The Bertz CT molecular complexity index is 858. The van der Waals surface area contributed by atoms with Gasteiger partial charge in [0.25, 0.3) is 0 Å². The number of aryl methyl sites for hydroxylation is 1. The van der Waals surface area contributed by atoms with Crippen LogP contribution in [0, 0.1) is 5.82 Å². The summed E-state index contributed by atoms with van der Waals surface area (Å²) in [4.78, 5) is 23.5. The number of unbranched alkanes of at least 4 members (excludes halogenated alkanes) is 2. The van der Waals surface area contributed by atoms with Gasteiger partial charge in [0, 0.05) is 11.6 Å². The number of halogens is 1. The molecule has 0 aliphatic rings. The molecule has 0 fully saturated rings. The van der Waals surface area contributed by atoms with Gasteiger partial charge in [-0.1, -0.05) is 32.4 Å². The number of benzene rings is 2. The number of rotatable bonds is 10. The van der Waals surface area contributed by atoms with Gasteiger partial charge < -0.3 is 14.2 Å². The molecule has 0 aromatic heterocycles. The zero-order valence-electron chi connectivity index (χ0n) is 16.7. The first-order chi connectivity index (χ1) is 13.9. The number of carbonyl (C=O) groups is 2. The van der Waals surface area contributed by atoms with Gasteiger partial charge in [0.15, 0.2) is 0 Å². The van der Waals surface area contributed by atoms with Crippen LogP contribution in [-0.2, 0) is 16.0 Å². The van der Waals surface area contributed by atoms with Crippen molar-refractivity contribution in [3.05, 3.63) is 71.6 Å². The first-order valence-corrected chi connectivity index (χ1v) is 9.46. The topological polar surface area (TPSA) is 61.8 Å². The van der Waals surface area contributed by atoms with Gasteiger partial charge in [-0.2, -0.15) is 0 Å². The van der Waals surface area contributed by atoms with Gasteiger partial charge in [-0.25, -0.2) is 14.0 Å². The van der Waals surface area contributed by atoms with Crippen molar-refractivity contribution in [2.45, 2.75) is 39.5 Å². The summed E-state index contributed by atoms with van der Waals surface area (Å²) < 4.78 is 29.5. The summed E-state index contributed by atoms with van der Waals surface area (Å²) in [5.74, 6) is -0.964. The second-order valence-electron chi connectivity index (χ2n) is 6.60. The number of esters is 2. The maximum absolute atomic E-state index is 14.2.